The molecule has 7 nitrogen and oxygen atoms in total. The lowest BCUT2D eigenvalue weighted by Gasteiger charge is -2.31. The van der Waals surface area contributed by atoms with E-state index in [2.05, 4.69) is 25.8 Å². The van der Waals surface area contributed by atoms with Crippen molar-refractivity contribution in [3.63, 3.8) is 0 Å². The van der Waals surface area contributed by atoms with Crippen LogP contribution >= 0.6 is 11.3 Å². The normalized spacial score (nSPS) is 13.9. The first-order valence-corrected chi connectivity index (χ1v) is 10.4. The van der Waals surface area contributed by atoms with E-state index in [0.29, 0.717) is 5.69 Å². The van der Waals surface area contributed by atoms with Crippen molar-refractivity contribution in [3.05, 3.63) is 59.6 Å². The molecule has 29 heavy (non-hydrogen) atoms. The predicted octanol–water partition coefficient (Wildman–Crippen LogP) is 2.83. The molecular weight excluding hydrogens is 386 g/mol. The Morgan fingerprint density at radius 1 is 1.17 bits per heavy atom. The van der Waals surface area contributed by atoms with Crippen LogP contribution in [0.5, 0.6) is 0 Å². The highest BCUT2D eigenvalue weighted by atomic mass is 32.1. The second kappa shape index (κ2) is 9.04. The zero-order valence-corrected chi connectivity index (χ0v) is 16.7. The number of hydrogen-bond acceptors (Lipinski definition) is 7. The van der Waals surface area contributed by atoms with Gasteiger partial charge < -0.3 is 26.0 Å². The molecule has 150 valence electrons. The molecule has 1 amide bonds. The quantitative estimate of drug-likeness (QED) is 0.468. The van der Waals surface area contributed by atoms with Crippen LogP contribution in [0.3, 0.4) is 0 Å². The van der Waals surface area contributed by atoms with Gasteiger partial charge in [0.05, 0.1) is 11.4 Å². The number of thiazole rings is 1. The minimum absolute atomic E-state index is 0.137. The molecule has 0 aliphatic carbocycles. The number of aliphatic hydroxyl groups is 1. The molecule has 0 atom stereocenters. The summed E-state index contributed by atoms with van der Waals surface area (Å²) in [4.78, 5) is 19.6. The van der Waals surface area contributed by atoms with Crippen LogP contribution in [0.4, 0.5) is 17.1 Å². The van der Waals surface area contributed by atoms with Gasteiger partial charge >= 0.3 is 0 Å². The molecule has 4 rings (SSSR count). The van der Waals surface area contributed by atoms with Crippen molar-refractivity contribution >= 4 is 34.3 Å². The van der Waals surface area contributed by atoms with Gasteiger partial charge in [-0.05, 0) is 24.3 Å². The lowest BCUT2D eigenvalue weighted by Crippen LogP contribution is -2.43. The Morgan fingerprint density at radius 3 is 2.83 bits per heavy atom. The van der Waals surface area contributed by atoms with Crippen LogP contribution in [0.1, 0.15) is 10.5 Å². The van der Waals surface area contributed by atoms with Crippen molar-refractivity contribution in [1.29, 1.82) is 0 Å². The molecule has 0 saturated carbocycles. The van der Waals surface area contributed by atoms with Gasteiger partial charge in [-0.1, -0.05) is 24.3 Å². The molecule has 2 heterocycles. The largest absolute Gasteiger partial charge is 0.377 e. The van der Waals surface area contributed by atoms with Crippen LogP contribution < -0.4 is 20.9 Å². The molecule has 1 saturated heterocycles. The van der Waals surface area contributed by atoms with E-state index >= 15 is 0 Å². The van der Waals surface area contributed by atoms with E-state index in [-0.39, 0.29) is 12.6 Å². The Kier molecular flexibility index (Phi) is 6.04. The maximum atomic E-state index is 12.8. The summed E-state index contributed by atoms with van der Waals surface area (Å²) >= 11 is 1.42. The third-order valence-corrected chi connectivity index (χ3v) is 5.63. The average Bonchev–Trinajstić information content (AvgIpc) is 3.26. The number of amides is 1. The van der Waals surface area contributed by atoms with Crippen LogP contribution in [-0.4, -0.2) is 48.9 Å². The summed E-state index contributed by atoms with van der Waals surface area (Å²) in [6, 6.07) is 15.5. The van der Waals surface area contributed by atoms with Gasteiger partial charge in [-0.3, -0.25) is 4.79 Å². The molecule has 8 heteroatoms. The first-order valence-electron chi connectivity index (χ1n) is 9.51. The summed E-state index contributed by atoms with van der Waals surface area (Å²) in [5, 5.41) is 20.8. The number of para-hydroxylation sites is 2. The fourth-order valence-electron chi connectivity index (χ4n) is 3.31. The molecule has 0 unspecified atom stereocenters. The topological polar surface area (TPSA) is 89.5 Å². The van der Waals surface area contributed by atoms with E-state index in [0.717, 1.165) is 53.8 Å². The van der Waals surface area contributed by atoms with Gasteiger partial charge in [0.1, 0.15) is 17.4 Å². The van der Waals surface area contributed by atoms with Crippen molar-refractivity contribution in [2.45, 2.75) is 0 Å². The maximum absolute atomic E-state index is 12.8. The summed E-state index contributed by atoms with van der Waals surface area (Å²) in [5.41, 5.74) is 3.91. The van der Waals surface area contributed by atoms with E-state index < -0.39 is 0 Å². The minimum Gasteiger partial charge on any atom is -0.377 e. The Morgan fingerprint density at radius 2 is 2.00 bits per heavy atom. The summed E-state index contributed by atoms with van der Waals surface area (Å²) in [7, 11) is 0. The molecule has 3 aromatic rings. The number of anilines is 3. The van der Waals surface area contributed by atoms with Gasteiger partial charge in [-0.25, -0.2) is 4.98 Å². The highest BCUT2D eigenvalue weighted by Crippen LogP contribution is 2.29. The lowest BCUT2D eigenvalue weighted by molar-refractivity contribution is 0.102. The molecular formula is C21H23N5O2S. The summed E-state index contributed by atoms with van der Waals surface area (Å²) in [6.07, 6.45) is 0. The Balaban J connectivity index is 1.51. The third-order valence-electron chi connectivity index (χ3n) is 4.74. The number of piperazine rings is 1. The van der Waals surface area contributed by atoms with E-state index in [1.165, 1.54) is 11.3 Å². The third kappa shape index (κ3) is 4.56. The fraction of sp³-hybridized carbons (Fsp3) is 0.238. The average molecular weight is 410 g/mol. The second-order valence-electron chi connectivity index (χ2n) is 6.66. The molecule has 1 aliphatic heterocycles. The number of nitrogens with zero attached hydrogens (tertiary/aromatic N) is 2. The Hall–Kier alpha value is -2.94. The molecule has 1 fully saturated rings. The summed E-state index contributed by atoms with van der Waals surface area (Å²) in [6.45, 7) is 3.54. The van der Waals surface area contributed by atoms with Gasteiger partial charge in [0.2, 0.25) is 0 Å². The molecule has 4 N–H and O–H groups in total. The highest BCUT2D eigenvalue weighted by Gasteiger charge is 2.17. The first kappa shape index (κ1) is 19.4. The van der Waals surface area contributed by atoms with Crippen molar-refractivity contribution in [2.24, 2.45) is 0 Å². The van der Waals surface area contributed by atoms with Gasteiger partial charge in [-0.2, -0.15) is 0 Å². The standard InChI is InChI=1S/C21H23N5O2S/c27-14-23-16-5-3-4-15(12-16)21-25-18(13-29-21)20(28)24-17-6-1-2-7-19(17)26-10-8-22-9-11-26/h1-7,12-13,22-23,27H,8-11,14H2,(H,24,28). The van der Waals surface area contributed by atoms with E-state index in [1.807, 2.05) is 48.5 Å². The summed E-state index contributed by atoms with van der Waals surface area (Å²) < 4.78 is 0. The molecule has 0 spiro atoms. The SMILES string of the molecule is O=C(Nc1ccccc1N1CCNCC1)c1csc(-c2cccc(NCO)c2)n1. The summed E-state index contributed by atoms with van der Waals surface area (Å²) in [5.74, 6) is -0.222. The van der Waals surface area contributed by atoms with Crippen LogP contribution in [0.25, 0.3) is 10.6 Å². The molecule has 2 aromatic carbocycles. The lowest BCUT2D eigenvalue weighted by atomic mass is 10.2. The van der Waals surface area contributed by atoms with Crippen LogP contribution in [-0.2, 0) is 0 Å². The highest BCUT2D eigenvalue weighted by molar-refractivity contribution is 7.13. The van der Waals surface area contributed by atoms with E-state index in [1.54, 1.807) is 5.38 Å². The van der Waals surface area contributed by atoms with E-state index in [9.17, 15) is 4.79 Å². The van der Waals surface area contributed by atoms with Crippen molar-refractivity contribution in [1.82, 2.24) is 10.3 Å². The van der Waals surface area contributed by atoms with Crippen LogP contribution in [0, 0.1) is 0 Å². The van der Waals surface area contributed by atoms with Gasteiger partial charge in [0.25, 0.3) is 5.91 Å². The molecule has 1 aliphatic rings. The van der Waals surface area contributed by atoms with Crippen molar-refractivity contribution in [2.75, 3.05) is 48.4 Å². The first-order chi connectivity index (χ1) is 14.2. The van der Waals surface area contributed by atoms with Crippen molar-refractivity contribution < 1.29 is 9.90 Å². The predicted molar refractivity (Wildman–Crippen MR) is 118 cm³/mol. The monoisotopic (exact) mass is 409 g/mol. The second-order valence-corrected chi connectivity index (χ2v) is 7.52. The fourth-order valence-corrected chi connectivity index (χ4v) is 4.11. The number of benzene rings is 2. The number of carbonyl (C=O) groups excluding carboxylic acids is 1. The maximum Gasteiger partial charge on any atom is 0.275 e. The van der Waals surface area contributed by atoms with Crippen LogP contribution in [0.15, 0.2) is 53.9 Å². The number of carbonyl (C=O) groups is 1. The molecule has 0 radical (unpaired) electrons. The number of nitrogens with one attached hydrogen (secondary N) is 3. The smallest absolute Gasteiger partial charge is 0.275 e. The molecule has 1 aromatic heterocycles. The number of aromatic nitrogens is 1. The number of aliphatic hydroxyl groups excluding tert-OH is 1. The van der Waals surface area contributed by atoms with Crippen LogP contribution in [0.2, 0.25) is 0 Å². The minimum atomic E-state index is -0.222. The zero-order valence-electron chi connectivity index (χ0n) is 15.9. The van der Waals surface area contributed by atoms with Gasteiger partial charge in [0, 0.05) is 42.8 Å². The van der Waals surface area contributed by atoms with Gasteiger partial charge in [0.15, 0.2) is 0 Å². The van der Waals surface area contributed by atoms with Gasteiger partial charge in [-0.15, -0.1) is 11.3 Å². The van der Waals surface area contributed by atoms with E-state index in [4.69, 9.17) is 5.11 Å². The Labute approximate surface area is 173 Å². The Bertz CT molecular complexity index is 984. The van der Waals surface area contributed by atoms with Crippen molar-refractivity contribution in [3.8, 4) is 10.6 Å². The number of hydrogen-bond donors (Lipinski definition) is 4. The zero-order chi connectivity index (χ0) is 20.1. The number of rotatable bonds is 6. The molecule has 0 bridgehead atoms.